The lowest BCUT2D eigenvalue weighted by molar-refractivity contribution is -0.120. The number of benzene rings is 1. The molecule has 0 aliphatic heterocycles. The minimum Gasteiger partial charge on any atom is -0.496 e. The van der Waals surface area contributed by atoms with Crippen LogP contribution in [0.5, 0.6) is 5.75 Å². The van der Waals surface area contributed by atoms with Crippen molar-refractivity contribution in [2.75, 3.05) is 12.4 Å². The fraction of sp³-hybridized carbons (Fsp3) is 0.167. The minimum absolute atomic E-state index is 0.141. The Labute approximate surface area is 158 Å². The third-order valence-electron chi connectivity index (χ3n) is 3.53. The molecule has 0 fully saturated rings. The van der Waals surface area contributed by atoms with Crippen LogP contribution in [0.25, 0.3) is 0 Å². The predicted molar refractivity (Wildman–Crippen MR) is 103 cm³/mol. The number of aromatic nitrogens is 1. The molecular formula is C18H17N3O3S2. The van der Waals surface area contributed by atoms with Crippen molar-refractivity contribution in [1.82, 2.24) is 10.3 Å². The number of anilines is 1. The van der Waals surface area contributed by atoms with Gasteiger partial charge in [-0.15, -0.1) is 22.7 Å². The molecule has 0 saturated heterocycles. The number of thiazole rings is 1. The molecule has 26 heavy (non-hydrogen) atoms. The van der Waals surface area contributed by atoms with Gasteiger partial charge in [-0.2, -0.15) is 0 Å². The summed E-state index contributed by atoms with van der Waals surface area (Å²) in [6, 6.07) is 11.1. The van der Waals surface area contributed by atoms with E-state index in [1.54, 1.807) is 18.6 Å². The summed E-state index contributed by atoms with van der Waals surface area (Å²) in [4.78, 5) is 29.0. The molecule has 0 saturated carbocycles. The Balaban J connectivity index is 1.52. The van der Waals surface area contributed by atoms with Crippen molar-refractivity contribution in [3.8, 4) is 5.75 Å². The number of amides is 2. The molecule has 3 rings (SSSR count). The summed E-state index contributed by atoms with van der Waals surface area (Å²) in [5, 5.41) is 9.69. The average Bonchev–Trinajstić information content (AvgIpc) is 3.32. The van der Waals surface area contributed by atoms with Crippen LogP contribution in [-0.4, -0.2) is 23.9 Å². The summed E-state index contributed by atoms with van der Waals surface area (Å²) < 4.78 is 5.27. The SMILES string of the molecule is COc1ccccc1CNC(=O)Cc1csc(NC(=O)c2cccs2)n1. The molecule has 2 aromatic heterocycles. The van der Waals surface area contributed by atoms with E-state index in [-0.39, 0.29) is 18.2 Å². The summed E-state index contributed by atoms with van der Waals surface area (Å²) in [6.45, 7) is 0.384. The molecule has 8 heteroatoms. The van der Waals surface area contributed by atoms with Crippen LogP contribution >= 0.6 is 22.7 Å². The Morgan fingerprint density at radius 3 is 2.77 bits per heavy atom. The number of thiophene rings is 1. The van der Waals surface area contributed by atoms with Gasteiger partial charge in [-0.25, -0.2) is 4.98 Å². The van der Waals surface area contributed by atoms with E-state index in [1.165, 1.54) is 22.7 Å². The topological polar surface area (TPSA) is 80.3 Å². The average molecular weight is 387 g/mol. The summed E-state index contributed by atoms with van der Waals surface area (Å²) in [6.07, 6.45) is 0.153. The number of para-hydroxylation sites is 1. The number of hydrogen-bond donors (Lipinski definition) is 2. The minimum atomic E-state index is -0.193. The highest BCUT2D eigenvalue weighted by Crippen LogP contribution is 2.19. The van der Waals surface area contributed by atoms with Crippen molar-refractivity contribution < 1.29 is 14.3 Å². The Bertz CT molecular complexity index is 891. The second kappa shape index (κ2) is 8.59. The van der Waals surface area contributed by atoms with Crippen molar-refractivity contribution in [3.05, 3.63) is 63.3 Å². The van der Waals surface area contributed by atoms with Crippen LogP contribution in [0.15, 0.2) is 47.2 Å². The number of hydrogen-bond acceptors (Lipinski definition) is 6. The molecule has 6 nitrogen and oxygen atoms in total. The van der Waals surface area contributed by atoms with Crippen LogP contribution in [0.4, 0.5) is 5.13 Å². The van der Waals surface area contributed by atoms with E-state index in [4.69, 9.17) is 4.74 Å². The van der Waals surface area contributed by atoms with E-state index in [0.717, 1.165) is 11.3 Å². The van der Waals surface area contributed by atoms with Gasteiger partial charge in [0.25, 0.3) is 5.91 Å². The number of rotatable bonds is 7. The Hall–Kier alpha value is -2.71. The standard InChI is InChI=1S/C18H17N3O3S2/c1-24-14-6-3-2-5-12(14)10-19-16(22)9-13-11-26-18(20-13)21-17(23)15-7-4-8-25-15/h2-8,11H,9-10H2,1H3,(H,19,22)(H,20,21,23). The maximum atomic E-state index is 12.1. The molecular weight excluding hydrogens is 370 g/mol. The molecule has 1 aromatic carbocycles. The smallest absolute Gasteiger partial charge is 0.267 e. The number of nitrogens with zero attached hydrogens (tertiary/aromatic N) is 1. The molecule has 2 N–H and O–H groups in total. The molecule has 0 atom stereocenters. The molecule has 0 spiro atoms. The van der Waals surface area contributed by atoms with Gasteiger partial charge in [-0.3, -0.25) is 14.9 Å². The van der Waals surface area contributed by atoms with E-state index in [2.05, 4.69) is 15.6 Å². The normalized spacial score (nSPS) is 10.3. The Kier molecular flexibility index (Phi) is 5.98. The first-order chi connectivity index (χ1) is 12.7. The number of carbonyl (C=O) groups excluding carboxylic acids is 2. The van der Waals surface area contributed by atoms with E-state index in [1.807, 2.05) is 35.7 Å². The summed E-state index contributed by atoms with van der Waals surface area (Å²) in [5.41, 5.74) is 1.53. The molecule has 2 amide bonds. The molecule has 2 heterocycles. The van der Waals surface area contributed by atoms with E-state index < -0.39 is 0 Å². The fourth-order valence-corrected chi connectivity index (χ4v) is 3.61. The predicted octanol–water partition coefficient (Wildman–Crippen LogP) is 3.32. The van der Waals surface area contributed by atoms with Crippen molar-refractivity contribution in [1.29, 1.82) is 0 Å². The first kappa shape index (κ1) is 18.1. The first-order valence-corrected chi connectivity index (χ1v) is 9.59. The van der Waals surface area contributed by atoms with Gasteiger partial charge >= 0.3 is 0 Å². The van der Waals surface area contributed by atoms with Gasteiger partial charge in [0.1, 0.15) is 5.75 Å². The zero-order valence-electron chi connectivity index (χ0n) is 14.0. The summed E-state index contributed by atoms with van der Waals surface area (Å²) in [5.74, 6) is 0.402. The van der Waals surface area contributed by atoms with Crippen molar-refractivity contribution >= 4 is 39.6 Å². The Morgan fingerprint density at radius 2 is 2.00 bits per heavy atom. The fourth-order valence-electron chi connectivity index (χ4n) is 2.28. The van der Waals surface area contributed by atoms with Crippen molar-refractivity contribution in [2.24, 2.45) is 0 Å². The largest absolute Gasteiger partial charge is 0.496 e. The van der Waals surface area contributed by atoms with Crippen LogP contribution in [0.2, 0.25) is 0 Å². The molecule has 3 aromatic rings. The summed E-state index contributed by atoms with van der Waals surface area (Å²) in [7, 11) is 1.60. The van der Waals surface area contributed by atoms with Gasteiger partial charge in [-0.1, -0.05) is 24.3 Å². The van der Waals surface area contributed by atoms with Crippen molar-refractivity contribution in [3.63, 3.8) is 0 Å². The van der Waals surface area contributed by atoms with Gasteiger partial charge < -0.3 is 10.1 Å². The monoisotopic (exact) mass is 387 g/mol. The van der Waals surface area contributed by atoms with Crippen LogP contribution in [0.1, 0.15) is 20.9 Å². The van der Waals surface area contributed by atoms with Crippen molar-refractivity contribution in [2.45, 2.75) is 13.0 Å². The quantitative estimate of drug-likeness (QED) is 0.652. The maximum Gasteiger partial charge on any atom is 0.267 e. The zero-order valence-corrected chi connectivity index (χ0v) is 15.7. The van der Waals surface area contributed by atoms with Crippen LogP contribution in [0.3, 0.4) is 0 Å². The molecule has 0 bridgehead atoms. The third-order valence-corrected chi connectivity index (χ3v) is 5.20. The summed E-state index contributed by atoms with van der Waals surface area (Å²) >= 11 is 2.66. The van der Waals surface area contributed by atoms with Gasteiger partial charge in [0, 0.05) is 17.5 Å². The second-order valence-corrected chi connectivity index (χ2v) is 7.15. The van der Waals surface area contributed by atoms with Gasteiger partial charge in [0.2, 0.25) is 5.91 Å². The van der Waals surface area contributed by atoms with E-state index in [9.17, 15) is 9.59 Å². The van der Waals surface area contributed by atoms with E-state index in [0.29, 0.717) is 22.2 Å². The lowest BCUT2D eigenvalue weighted by atomic mass is 10.2. The highest BCUT2D eigenvalue weighted by Gasteiger charge is 2.12. The zero-order chi connectivity index (χ0) is 18.4. The van der Waals surface area contributed by atoms with Crippen LogP contribution in [0, 0.1) is 0 Å². The molecule has 134 valence electrons. The highest BCUT2D eigenvalue weighted by molar-refractivity contribution is 7.14. The number of nitrogens with one attached hydrogen (secondary N) is 2. The van der Waals surface area contributed by atoms with Gasteiger partial charge in [0.15, 0.2) is 5.13 Å². The number of methoxy groups -OCH3 is 1. The highest BCUT2D eigenvalue weighted by atomic mass is 32.1. The van der Waals surface area contributed by atoms with Gasteiger partial charge in [-0.05, 0) is 17.5 Å². The van der Waals surface area contributed by atoms with Crippen LogP contribution in [-0.2, 0) is 17.8 Å². The molecule has 0 radical (unpaired) electrons. The molecule has 0 unspecified atom stereocenters. The first-order valence-electron chi connectivity index (χ1n) is 7.83. The van der Waals surface area contributed by atoms with E-state index >= 15 is 0 Å². The van der Waals surface area contributed by atoms with Gasteiger partial charge in [0.05, 0.1) is 24.1 Å². The lowest BCUT2D eigenvalue weighted by Gasteiger charge is -2.09. The second-order valence-electron chi connectivity index (χ2n) is 5.34. The number of carbonyl (C=O) groups is 2. The number of ether oxygens (including phenoxy) is 1. The van der Waals surface area contributed by atoms with Crippen LogP contribution < -0.4 is 15.4 Å². The lowest BCUT2D eigenvalue weighted by Crippen LogP contribution is -2.24. The maximum absolute atomic E-state index is 12.1. The Morgan fingerprint density at radius 1 is 1.15 bits per heavy atom. The molecule has 0 aliphatic carbocycles. The third kappa shape index (κ3) is 4.68. The molecule has 0 aliphatic rings.